The first-order valence-electron chi connectivity index (χ1n) is 7.64. The minimum absolute atomic E-state index is 0.174. The summed E-state index contributed by atoms with van der Waals surface area (Å²) >= 11 is 1.32. The zero-order valence-corrected chi connectivity index (χ0v) is 13.7. The molecule has 0 unspecified atom stereocenters. The second-order valence-corrected chi connectivity index (χ2v) is 6.53. The molecule has 7 heteroatoms. The summed E-state index contributed by atoms with van der Waals surface area (Å²) in [5.41, 5.74) is 1.58. The van der Waals surface area contributed by atoms with Gasteiger partial charge in [0.05, 0.1) is 4.53 Å². The fourth-order valence-corrected chi connectivity index (χ4v) is 3.61. The standard InChI is InChI=1S/C18H11N3O3S/c22-17-15(9-11-6-7-13-14(8-11)24-10-23-13)25-18-19-16(20-21(17)18)12-4-2-1-3-5-12/h1-9H,10H2/b15-9+. The molecule has 4 aromatic rings. The van der Waals surface area contributed by atoms with Crippen molar-refractivity contribution >= 4 is 22.4 Å². The summed E-state index contributed by atoms with van der Waals surface area (Å²) in [6.07, 6.45) is 1.81. The highest BCUT2D eigenvalue weighted by Crippen LogP contribution is 2.32. The van der Waals surface area contributed by atoms with Gasteiger partial charge in [0, 0.05) is 5.56 Å². The molecule has 2 aromatic carbocycles. The molecule has 1 aliphatic rings. The number of nitrogens with zero attached hydrogens (tertiary/aromatic N) is 3. The van der Waals surface area contributed by atoms with Gasteiger partial charge in [0.25, 0.3) is 5.56 Å². The van der Waals surface area contributed by atoms with Gasteiger partial charge in [0.2, 0.25) is 11.8 Å². The smallest absolute Gasteiger partial charge is 0.291 e. The van der Waals surface area contributed by atoms with E-state index in [0.717, 1.165) is 16.9 Å². The van der Waals surface area contributed by atoms with Crippen LogP contribution in [0.15, 0.2) is 53.3 Å². The zero-order chi connectivity index (χ0) is 16.8. The highest BCUT2D eigenvalue weighted by molar-refractivity contribution is 7.15. The Kier molecular flexibility index (Phi) is 3.07. The van der Waals surface area contributed by atoms with Gasteiger partial charge in [-0.25, -0.2) is 0 Å². The van der Waals surface area contributed by atoms with E-state index in [4.69, 9.17) is 9.47 Å². The SMILES string of the molecule is O=c1/c(=C\c2ccc3c(c2)OCO3)sc2nc(-c3ccccc3)nn12. The third-order valence-electron chi connectivity index (χ3n) is 3.91. The van der Waals surface area contributed by atoms with Crippen LogP contribution in [0.2, 0.25) is 0 Å². The van der Waals surface area contributed by atoms with Gasteiger partial charge in [0.15, 0.2) is 17.3 Å². The molecule has 0 bridgehead atoms. The average Bonchev–Trinajstić information content (AvgIpc) is 3.33. The predicted octanol–water partition coefficient (Wildman–Crippen LogP) is 2.09. The lowest BCUT2D eigenvalue weighted by Crippen LogP contribution is -2.23. The summed E-state index contributed by atoms with van der Waals surface area (Å²) in [6, 6.07) is 15.2. The Balaban J connectivity index is 1.60. The van der Waals surface area contributed by atoms with Gasteiger partial charge in [-0.05, 0) is 23.8 Å². The Bertz CT molecular complexity index is 1200. The van der Waals surface area contributed by atoms with Crippen molar-refractivity contribution in [3.63, 3.8) is 0 Å². The van der Waals surface area contributed by atoms with Crippen LogP contribution in [0.25, 0.3) is 22.4 Å². The summed E-state index contributed by atoms with van der Waals surface area (Å²) in [4.78, 5) is 17.6. The molecule has 0 saturated carbocycles. The molecule has 0 saturated heterocycles. The van der Waals surface area contributed by atoms with Crippen LogP contribution >= 0.6 is 11.3 Å². The van der Waals surface area contributed by atoms with E-state index in [-0.39, 0.29) is 12.4 Å². The number of hydrogen-bond acceptors (Lipinski definition) is 6. The van der Waals surface area contributed by atoms with Gasteiger partial charge >= 0.3 is 0 Å². The Morgan fingerprint density at radius 1 is 1.08 bits per heavy atom. The Hall–Kier alpha value is -3.19. The molecule has 0 aliphatic carbocycles. The van der Waals surface area contributed by atoms with Crippen molar-refractivity contribution in [3.8, 4) is 22.9 Å². The maximum absolute atomic E-state index is 12.6. The fourth-order valence-electron chi connectivity index (χ4n) is 2.70. The lowest BCUT2D eigenvalue weighted by Gasteiger charge is -1.96. The monoisotopic (exact) mass is 349 g/mol. The average molecular weight is 349 g/mol. The van der Waals surface area contributed by atoms with Gasteiger partial charge in [0.1, 0.15) is 0 Å². The van der Waals surface area contributed by atoms with Crippen LogP contribution in [0.5, 0.6) is 11.5 Å². The Labute approximate surface area is 145 Å². The normalized spacial score (nSPS) is 13.7. The van der Waals surface area contributed by atoms with Crippen molar-refractivity contribution in [3.05, 3.63) is 69.0 Å². The Morgan fingerprint density at radius 3 is 2.76 bits per heavy atom. The Morgan fingerprint density at radius 2 is 1.92 bits per heavy atom. The molecular weight excluding hydrogens is 338 g/mol. The lowest BCUT2D eigenvalue weighted by molar-refractivity contribution is 0.174. The van der Waals surface area contributed by atoms with E-state index in [1.165, 1.54) is 15.9 Å². The second kappa shape index (κ2) is 5.42. The molecule has 122 valence electrons. The topological polar surface area (TPSA) is 65.7 Å². The number of thiazole rings is 1. The van der Waals surface area contributed by atoms with E-state index in [9.17, 15) is 4.79 Å². The molecule has 0 radical (unpaired) electrons. The molecule has 25 heavy (non-hydrogen) atoms. The predicted molar refractivity (Wildman–Crippen MR) is 93.9 cm³/mol. The van der Waals surface area contributed by atoms with Crippen LogP contribution in [0.4, 0.5) is 0 Å². The van der Waals surface area contributed by atoms with Gasteiger partial charge < -0.3 is 9.47 Å². The van der Waals surface area contributed by atoms with Gasteiger partial charge in [-0.15, -0.1) is 5.10 Å². The van der Waals surface area contributed by atoms with Crippen molar-refractivity contribution < 1.29 is 9.47 Å². The van der Waals surface area contributed by atoms with Gasteiger partial charge in [-0.3, -0.25) is 4.79 Å². The highest BCUT2D eigenvalue weighted by Gasteiger charge is 2.14. The molecule has 5 rings (SSSR count). The van der Waals surface area contributed by atoms with E-state index in [1.807, 2.05) is 54.6 Å². The molecule has 6 nitrogen and oxygen atoms in total. The first-order valence-corrected chi connectivity index (χ1v) is 8.46. The summed E-state index contributed by atoms with van der Waals surface area (Å²) in [5.74, 6) is 1.96. The maximum atomic E-state index is 12.6. The van der Waals surface area contributed by atoms with Crippen molar-refractivity contribution in [1.82, 2.24) is 14.6 Å². The molecule has 0 amide bonds. The van der Waals surface area contributed by atoms with Crippen LogP contribution in [0, 0.1) is 0 Å². The van der Waals surface area contributed by atoms with Gasteiger partial charge in [-0.2, -0.15) is 9.50 Å². The number of aromatic nitrogens is 3. The van der Waals surface area contributed by atoms with Crippen molar-refractivity contribution in [1.29, 1.82) is 0 Å². The molecular formula is C18H11N3O3S. The molecule has 3 heterocycles. The lowest BCUT2D eigenvalue weighted by atomic mass is 10.2. The van der Waals surface area contributed by atoms with E-state index < -0.39 is 0 Å². The first kappa shape index (κ1) is 14.2. The van der Waals surface area contributed by atoms with Crippen LogP contribution < -0.4 is 19.6 Å². The quantitative estimate of drug-likeness (QED) is 0.554. The highest BCUT2D eigenvalue weighted by atomic mass is 32.1. The van der Waals surface area contributed by atoms with E-state index in [1.54, 1.807) is 0 Å². The van der Waals surface area contributed by atoms with Crippen molar-refractivity contribution in [2.75, 3.05) is 6.79 Å². The van der Waals surface area contributed by atoms with E-state index in [0.29, 0.717) is 21.1 Å². The van der Waals surface area contributed by atoms with Crippen molar-refractivity contribution in [2.45, 2.75) is 0 Å². The molecule has 0 spiro atoms. The van der Waals surface area contributed by atoms with Crippen LogP contribution in [-0.2, 0) is 0 Å². The second-order valence-electron chi connectivity index (χ2n) is 5.52. The summed E-state index contributed by atoms with van der Waals surface area (Å²) in [5, 5.41) is 4.34. The number of ether oxygens (including phenoxy) is 2. The number of fused-ring (bicyclic) bond motifs is 2. The largest absolute Gasteiger partial charge is 0.454 e. The molecule has 2 aromatic heterocycles. The van der Waals surface area contributed by atoms with Crippen LogP contribution in [0.3, 0.4) is 0 Å². The summed E-state index contributed by atoms with van der Waals surface area (Å²) in [7, 11) is 0. The minimum Gasteiger partial charge on any atom is -0.454 e. The third-order valence-corrected chi connectivity index (χ3v) is 4.87. The molecule has 1 aliphatic heterocycles. The van der Waals surface area contributed by atoms with Crippen LogP contribution in [0.1, 0.15) is 5.56 Å². The summed E-state index contributed by atoms with van der Waals surface area (Å²) < 4.78 is 12.6. The van der Waals surface area contributed by atoms with Gasteiger partial charge in [-0.1, -0.05) is 47.7 Å². The number of rotatable bonds is 2. The zero-order valence-electron chi connectivity index (χ0n) is 12.9. The molecule has 0 N–H and O–H groups in total. The number of hydrogen-bond donors (Lipinski definition) is 0. The molecule has 0 atom stereocenters. The maximum Gasteiger partial charge on any atom is 0.291 e. The van der Waals surface area contributed by atoms with E-state index in [2.05, 4.69) is 10.1 Å². The van der Waals surface area contributed by atoms with Crippen molar-refractivity contribution in [2.24, 2.45) is 0 Å². The molecule has 0 fully saturated rings. The van der Waals surface area contributed by atoms with Crippen LogP contribution in [-0.4, -0.2) is 21.4 Å². The van der Waals surface area contributed by atoms with E-state index >= 15 is 0 Å². The minimum atomic E-state index is -0.174. The fraction of sp³-hybridized carbons (Fsp3) is 0.0556. The summed E-state index contributed by atoms with van der Waals surface area (Å²) in [6.45, 7) is 0.227. The number of benzene rings is 2. The third kappa shape index (κ3) is 2.36. The first-order chi connectivity index (χ1) is 12.3.